The molecule has 39 heavy (non-hydrogen) atoms. The number of halogens is 3. The molecule has 1 unspecified atom stereocenters. The molecular formula is C31H29F3N2O2S. The van der Waals surface area contributed by atoms with Crippen molar-refractivity contribution in [1.29, 1.82) is 0 Å². The van der Waals surface area contributed by atoms with Crippen molar-refractivity contribution < 1.29 is 21.6 Å². The number of rotatable bonds is 7. The number of piperazine rings is 1. The zero-order valence-corrected chi connectivity index (χ0v) is 22.1. The molecule has 5 rings (SSSR count). The Bertz CT molecular complexity index is 1490. The molecular weight excluding hydrogens is 521 g/mol. The predicted octanol–water partition coefficient (Wildman–Crippen LogP) is 6.49. The van der Waals surface area contributed by atoms with Crippen molar-refractivity contribution in [3.63, 3.8) is 0 Å². The van der Waals surface area contributed by atoms with Crippen LogP contribution < -0.4 is 0 Å². The number of hydrogen-bond acceptors (Lipinski definition) is 3. The van der Waals surface area contributed by atoms with Crippen LogP contribution in [0, 0.1) is 0 Å². The standard InChI is InChI=1S/C31H29F3N2O2S/c32-31(33,34)30-14-8-7-13-29(30)26-17-15-25(16-18-26)22-35-19-20-36(39(37,38)28-11-5-2-6-12-28)27(23-35)21-24-9-3-1-4-10-24/h1-18,27H,19-23H2. The number of alkyl halides is 3. The number of nitrogens with zero attached hydrogens (tertiary/aromatic N) is 2. The van der Waals surface area contributed by atoms with Gasteiger partial charge in [-0.15, -0.1) is 0 Å². The lowest BCUT2D eigenvalue weighted by molar-refractivity contribution is -0.137. The molecule has 202 valence electrons. The predicted molar refractivity (Wildman–Crippen MR) is 146 cm³/mol. The van der Waals surface area contributed by atoms with E-state index in [1.807, 2.05) is 42.5 Å². The van der Waals surface area contributed by atoms with Crippen molar-refractivity contribution in [2.75, 3.05) is 19.6 Å². The molecule has 0 amide bonds. The summed E-state index contributed by atoms with van der Waals surface area (Å²) < 4.78 is 69.2. The Morgan fingerprint density at radius 3 is 2.00 bits per heavy atom. The highest BCUT2D eigenvalue weighted by molar-refractivity contribution is 7.89. The molecule has 4 aromatic rings. The fraction of sp³-hybridized carbons (Fsp3) is 0.226. The van der Waals surface area contributed by atoms with Crippen molar-refractivity contribution in [1.82, 2.24) is 9.21 Å². The van der Waals surface area contributed by atoms with Gasteiger partial charge in [0.05, 0.1) is 10.5 Å². The van der Waals surface area contributed by atoms with Gasteiger partial charge in [-0.1, -0.05) is 91.0 Å². The van der Waals surface area contributed by atoms with Crippen molar-refractivity contribution in [2.24, 2.45) is 0 Å². The third-order valence-corrected chi connectivity index (χ3v) is 9.05. The van der Waals surface area contributed by atoms with Gasteiger partial charge in [-0.3, -0.25) is 4.90 Å². The van der Waals surface area contributed by atoms with E-state index in [2.05, 4.69) is 4.90 Å². The summed E-state index contributed by atoms with van der Waals surface area (Å²) in [7, 11) is -3.67. The number of benzene rings is 4. The summed E-state index contributed by atoms with van der Waals surface area (Å²) in [5.41, 5.74) is 2.02. The molecule has 0 radical (unpaired) electrons. The summed E-state index contributed by atoms with van der Waals surface area (Å²) in [6, 6.07) is 30.8. The normalized spacial score (nSPS) is 17.3. The average molecular weight is 551 g/mol. The van der Waals surface area contributed by atoms with Crippen LogP contribution in [0.5, 0.6) is 0 Å². The van der Waals surface area contributed by atoms with Crippen LogP contribution in [0.4, 0.5) is 13.2 Å². The van der Waals surface area contributed by atoms with Crippen LogP contribution in [0.1, 0.15) is 16.7 Å². The molecule has 1 aliphatic rings. The lowest BCUT2D eigenvalue weighted by Crippen LogP contribution is -2.55. The average Bonchev–Trinajstić information content (AvgIpc) is 2.94. The first kappa shape index (κ1) is 27.1. The van der Waals surface area contributed by atoms with E-state index in [0.29, 0.717) is 38.2 Å². The van der Waals surface area contributed by atoms with Crippen LogP contribution in [0.3, 0.4) is 0 Å². The van der Waals surface area contributed by atoms with Crippen LogP contribution in [-0.2, 0) is 29.2 Å². The lowest BCUT2D eigenvalue weighted by atomic mass is 9.98. The monoisotopic (exact) mass is 550 g/mol. The maximum atomic E-state index is 13.6. The molecule has 0 N–H and O–H groups in total. The second-order valence-corrected chi connectivity index (χ2v) is 11.6. The Labute approximate surface area is 227 Å². The third kappa shape index (κ3) is 6.24. The largest absolute Gasteiger partial charge is 0.417 e. The molecule has 1 saturated heterocycles. The molecule has 0 spiro atoms. The molecule has 1 atom stereocenters. The van der Waals surface area contributed by atoms with Crippen molar-refractivity contribution in [3.8, 4) is 11.1 Å². The fourth-order valence-electron chi connectivity index (χ4n) is 5.17. The smallest absolute Gasteiger partial charge is 0.296 e. The van der Waals surface area contributed by atoms with Crippen LogP contribution in [0.2, 0.25) is 0 Å². The Kier molecular flexibility index (Phi) is 7.88. The van der Waals surface area contributed by atoms with E-state index in [1.54, 1.807) is 52.8 Å². The van der Waals surface area contributed by atoms with E-state index in [4.69, 9.17) is 0 Å². The number of sulfonamides is 1. The molecule has 0 aliphatic carbocycles. The first-order chi connectivity index (χ1) is 18.7. The second kappa shape index (κ2) is 11.3. The summed E-state index contributed by atoms with van der Waals surface area (Å²) in [5.74, 6) is 0. The quantitative estimate of drug-likeness (QED) is 0.264. The Hall–Kier alpha value is -3.46. The molecule has 8 heteroatoms. The molecule has 0 saturated carbocycles. The summed E-state index contributed by atoms with van der Waals surface area (Å²) in [4.78, 5) is 2.50. The van der Waals surface area contributed by atoms with Crippen LogP contribution in [0.15, 0.2) is 114 Å². The third-order valence-electron chi connectivity index (χ3n) is 7.08. The minimum absolute atomic E-state index is 0.152. The topological polar surface area (TPSA) is 40.6 Å². The summed E-state index contributed by atoms with van der Waals surface area (Å²) >= 11 is 0. The van der Waals surface area contributed by atoms with E-state index < -0.39 is 21.8 Å². The highest BCUT2D eigenvalue weighted by atomic mass is 32.2. The fourth-order valence-corrected chi connectivity index (χ4v) is 6.80. The van der Waals surface area contributed by atoms with E-state index in [1.165, 1.54) is 12.1 Å². The summed E-state index contributed by atoms with van der Waals surface area (Å²) in [6.07, 6.45) is -3.85. The first-order valence-electron chi connectivity index (χ1n) is 12.8. The minimum atomic E-state index is -4.43. The molecule has 4 nitrogen and oxygen atoms in total. The minimum Gasteiger partial charge on any atom is -0.296 e. The van der Waals surface area contributed by atoms with Gasteiger partial charge in [0.1, 0.15) is 0 Å². The Morgan fingerprint density at radius 2 is 1.33 bits per heavy atom. The van der Waals surface area contributed by atoms with E-state index >= 15 is 0 Å². The van der Waals surface area contributed by atoms with Gasteiger partial charge in [0.2, 0.25) is 10.0 Å². The zero-order valence-electron chi connectivity index (χ0n) is 21.3. The van der Waals surface area contributed by atoms with Gasteiger partial charge in [-0.05, 0) is 46.9 Å². The molecule has 1 aliphatic heterocycles. The molecule has 1 heterocycles. The van der Waals surface area contributed by atoms with Gasteiger partial charge in [0.15, 0.2) is 0 Å². The van der Waals surface area contributed by atoms with Gasteiger partial charge in [0.25, 0.3) is 0 Å². The van der Waals surface area contributed by atoms with E-state index in [0.717, 1.165) is 17.2 Å². The van der Waals surface area contributed by atoms with Crippen LogP contribution in [0.25, 0.3) is 11.1 Å². The summed E-state index contributed by atoms with van der Waals surface area (Å²) in [5, 5.41) is 0. The number of hydrogen-bond donors (Lipinski definition) is 0. The molecule has 1 fully saturated rings. The zero-order chi connectivity index (χ0) is 27.5. The van der Waals surface area contributed by atoms with Crippen LogP contribution in [-0.4, -0.2) is 43.3 Å². The highest BCUT2D eigenvalue weighted by Gasteiger charge is 2.36. The Balaban J connectivity index is 1.35. The molecule has 0 bridgehead atoms. The van der Waals surface area contributed by atoms with Crippen molar-refractivity contribution >= 4 is 10.0 Å². The van der Waals surface area contributed by atoms with Gasteiger partial charge in [0, 0.05) is 32.2 Å². The van der Waals surface area contributed by atoms with E-state index in [-0.39, 0.29) is 16.5 Å². The van der Waals surface area contributed by atoms with E-state index in [9.17, 15) is 21.6 Å². The SMILES string of the molecule is O=S(=O)(c1ccccc1)N1CCN(Cc2ccc(-c3ccccc3C(F)(F)F)cc2)CC1Cc1ccccc1. The van der Waals surface area contributed by atoms with Crippen molar-refractivity contribution in [3.05, 3.63) is 126 Å². The van der Waals surface area contributed by atoms with Gasteiger partial charge >= 0.3 is 6.18 Å². The Morgan fingerprint density at radius 1 is 0.718 bits per heavy atom. The summed E-state index contributed by atoms with van der Waals surface area (Å²) in [6.45, 7) is 2.02. The van der Waals surface area contributed by atoms with Gasteiger partial charge in [-0.25, -0.2) is 8.42 Å². The second-order valence-electron chi connectivity index (χ2n) is 9.75. The van der Waals surface area contributed by atoms with Gasteiger partial charge in [-0.2, -0.15) is 17.5 Å². The molecule has 4 aromatic carbocycles. The molecule has 0 aromatic heterocycles. The van der Waals surface area contributed by atoms with Crippen LogP contribution >= 0.6 is 0 Å². The van der Waals surface area contributed by atoms with Crippen molar-refractivity contribution in [2.45, 2.75) is 30.1 Å². The lowest BCUT2D eigenvalue weighted by Gasteiger charge is -2.40. The highest BCUT2D eigenvalue weighted by Crippen LogP contribution is 2.37. The van der Waals surface area contributed by atoms with Gasteiger partial charge < -0.3 is 0 Å². The maximum absolute atomic E-state index is 13.6. The maximum Gasteiger partial charge on any atom is 0.417 e. The first-order valence-corrected chi connectivity index (χ1v) is 14.2.